The summed E-state index contributed by atoms with van der Waals surface area (Å²) in [6.07, 6.45) is 2.80. The van der Waals surface area contributed by atoms with Crippen molar-refractivity contribution >= 4 is 17.5 Å². The van der Waals surface area contributed by atoms with E-state index in [2.05, 4.69) is 44.1 Å². The molecule has 6 heteroatoms. The summed E-state index contributed by atoms with van der Waals surface area (Å²) in [7, 11) is 1.86. The van der Waals surface area contributed by atoms with E-state index in [9.17, 15) is 4.79 Å². The Morgan fingerprint density at radius 3 is 2.77 bits per heavy atom. The van der Waals surface area contributed by atoms with Crippen LogP contribution in [0, 0.1) is 0 Å². The van der Waals surface area contributed by atoms with E-state index in [1.54, 1.807) is 20.8 Å². The normalized spacial score (nSPS) is 18.8. The second-order valence-corrected chi connectivity index (χ2v) is 8.34. The monoisotopic (exact) mass is 368 g/mol. The number of nitrogens with zero attached hydrogens (tertiary/aromatic N) is 4. The van der Waals surface area contributed by atoms with E-state index in [0.29, 0.717) is 5.78 Å². The molecule has 0 aliphatic heterocycles. The molecule has 0 saturated heterocycles. The first-order valence-electron chi connectivity index (χ1n) is 9.21. The molecule has 0 bridgehead atoms. The number of hydrogen-bond acceptors (Lipinski definition) is 4. The summed E-state index contributed by atoms with van der Waals surface area (Å²) in [5.74, 6) is 1.55. The van der Waals surface area contributed by atoms with Gasteiger partial charge in [-0.25, -0.2) is 14.1 Å². The van der Waals surface area contributed by atoms with Crippen molar-refractivity contribution in [3.05, 3.63) is 45.7 Å². The Hall–Kier alpha value is -2.08. The minimum Gasteiger partial charge on any atom is -0.268 e. The Morgan fingerprint density at radius 2 is 2.04 bits per heavy atom. The van der Waals surface area contributed by atoms with Crippen molar-refractivity contribution in [2.24, 2.45) is 7.05 Å². The number of fused-ring (bicyclic) bond motifs is 4. The highest BCUT2D eigenvalue weighted by Gasteiger charge is 2.38. The minimum atomic E-state index is -0.211. The summed E-state index contributed by atoms with van der Waals surface area (Å²) in [5, 5.41) is 5.31. The van der Waals surface area contributed by atoms with Crippen molar-refractivity contribution in [3.63, 3.8) is 0 Å². The maximum absolute atomic E-state index is 13.6. The second-order valence-electron chi connectivity index (χ2n) is 7.28. The average Bonchev–Trinajstić information content (AvgIpc) is 2.96. The van der Waals surface area contributed by atoms with Gasteiger partial charge in [-0.1, -0.05) is 56.8 Å². The highest BCUT2D eigenvalue weighted by Crippen LogP contribution is 2.42. The van der Waals surface area contributed by atoms with Crippen LogP contribution in [0.5, 0.6) is 0 Å². The average molecular weight is 369 g/mol. The van der Waals surface area contributed by atoms with Crippen molar-refractivity contribution in [1.82, 2.24) is 19.2 Å². The summed E-state index contributed by atoms with van der Waals surface area (Å²) in [6, 6.07) is 8.32. The van der Waals surface area contributed by atoms with Gasteiger partial charge in [-0.05, 0) is 24.8 Å². The lowest BCUT2D eigenvalue weighted by Crippen LogP contribution is -2.37. The number of rotatable bonds is 4. The third-order valence-corrected chi connectivity index (χ3v) is 6.59. The van der Waals surface area contributed by atoms with Gasteiger partial charge in [0.2, 0.25) is 5.78 Å². The van der Waals surface area contributed by atoms with E-state index in [0.717, 1.165) is 47.0 Å². The Kier molecular flexibility index (Phi) is 4.18. The van der Waals surface area contributed by atoms with Gasteiger partial charge in [0.05, 0.1) is 11.3 Å². The first-order chi connectivity index (χ1) is 12.5. The predicted molar refractivity (Wildman–Crippen MR) is 106 cm³/mol. The smallest absolute Gasteiger partial charge is 0.265 e. The van der Waals surface area contributed by atoms with Crippen molar-refractivity contribution in [2.45, 2.75) is 50.6 Å². The molecule has 0 saturated carbocycles. The Balaban J connectivity index is 2.09. The van der Waals surface area contributed by atoms with Gasteiger partial charge in [0.15, 0.2) is 5.16 Å². The lowest BCUT2D eigenvalue weighted by molar-refractivity contribution is 0.439. The maximum Gasteiger partial charge on any atom is 0.265 e. The van der Waals surface area contributed by atoms with Crippen LogP contribution in [0.25, 0.3) is 17.0 Å². The first-order valence-corrected chi connectivity index (χ1v) is 10.2. The molecule has 1 aliphatic carbocycles. The molecule has 5 nitrogen and oxygen atoms in total. The summed E-state index contributed by atoms with van der Waals surface area (Å²) in [6.45, 7) is 6.47. The van der Waals surface area contributed by atoms with Crippen LogP contribution in [0.2, 0.25) is 0 Å². The predicted octanol–water partition coefficient (Wildman–Crippen LogP) is 3.82. The molecule has 1 aromatic carbocycles. The van der Waals surface area contributed by atoms with Crippen LogP contribution in [-0.4, -0.2) is 24.9 Å². The van der Waals surface area contributed by atoms with Crippen LogP contribution in [0.15, 0.2) is 34.2 Å². The summed E-state index contributed by atoms with van der Waals surface area (Å²) in [4.78, 5) is 18.6. The number of aromatic nitrogens is 4. The van der Waals surface area contributed by atoms with Crippen LogP contribution in [0.3, 0.4) is 0 Å². The summed E-state index contributed by atoms with van der Waals surface area (Å²) < 4.78 is 3.43. The van der Waals surface area contributed by atoms with E-state index in [1.807, 2.05) is 13.1 Å². The summed E-state index contributed by atoms with van der Waals surface area (Å²) in [5.41, 5.74) is 3.84. The van der Waals surface area contributed by atoms with Crippen LogP contribution in [-0.2, 0) is 18.9 Å². The van der Waals surface area contributed by atoms with Crippen LogP contribution in [0.4, 0.5) is 0 Å². The minimum absolute atomic E-state index is 0.0376. The number of hydrogen-bond donors (Lipinski definition) is 0. The third kappa shape index (κ3) is 2.42. The lowest BCUT2D eigenvalue weighted by atomic mass is 9.69. The van der Waals surface area contributed by atoms with Gasteiger partial charge < -0.3 is 0 Å². The van der Waals surface area contributed by atoms with Gasteiger partial charge >= 0.3 is 0 Å². The number of aryl methyl sites for hydroxylation is 1. The molecule has 3 aromatic rings. The van der Waals surface area contributed by atoms with E-state index in [4.69, 9.17) is 4.98 Å². The molecule has 0 fully saturated rings. The first kappa shape index (κ1) is 17.3. The van der Waals surface area contributed by atoms with Crippen molar-refractivity contribution < 1.29 is 0 Å². The van der Waals surface area contributed by atoms with Crippen LogP contribution in [0.1, 0.15) is 44.7 Å². The largest absolute Gasteiger partial charge is 0.268 e. The maximum atomic E-state index is 13.6. The molecule has 0 unspecified atom stereocenters. The van der Waals surface area contributed by atoms with Gasteiger partial charge in [0.1, 0.15) is 0 Å². The van der Waals surface area contributed by atoms with Gasteiger partial charge in [-0.2, -0.15) is 0 Å². The van der Waals surface area contributed by atoms with E-state index >= 15 is 0 Å². The molecule has 0 N–H and O–H groups in total. The molecule has 1 aliphatic rings. The van der Waals surface area contributed by atoms with E-state index in [-0.39, 0.29) is 11.0 Å². The Morgan fingerprint density at radius 1 is 1.27 bits per heavy atom. The quantitative estimate of drug-likeness (QED) is 0.657. The molecule has 0 spiro atoms. The molecule has 136 valence electrons. The van der Waals surface area contributed by atoms with E-state index < -0.39 is 0 Å². The Labute approximate surface area is 157 Å². The highest BCUT2D eigenvalue weighted by molar-refractivity contribution is 7.99. The Bertz CT molecular complexity index is 1050. The van der Waals surface area contributed by atoms with Gasteiger partial charge in [-0.3, -0.25) is 4.79 Å². The fourth-order valence-corrected chi connectivity index (χ4v) is 4.72. The van der Waals surface area contributed by atoms with Gasteiger partial charge in [0, 0.05) is 23.8 Å². The molecule has 0 radical (unpaired) electrons. The number of thioether (sulfide) groups is 1. The fourth-order valence-electron chi connectivity index (χ4n) is 3.86. The molecule has 2 aromatic heterocycles. The van der Waals surface area contributed by atoms with Crippen LogP contribution < -0.4 is 5.56 Å². The molecule has 2 heterocycles. The molecule has 1 atom stereocenters. The highest BCUT2D eigenvalue weighted by atomic mass is 32.2. The molecule has 0 amide bonds. The molecule has 26 heavy (non-hydrogen) atoms. The second kappa shape index (κ2) is 6.27. The van der Waals surface area contributed by atoms with Crippen molar-refractivity contribution in [2.75, 3.05) is 5.75 Å². The van der Waals surface area contributed by atoms with E-state index in [1.165, 1.54) is 5.56 Å². The lowest BCUT2D eigenvalue weighted by Gasteiger charge is -2.34. The zero-order valence-corrected chi connectivity index (χ0v) is 16.6. The topological polar surface area (TPSA) is 52.2 Å². The summed E-state index contributed by atoms with van der Waals surface area (Å²) >= 11 is 1.62. The zero-order chi connectivity index (χ0) is 18.5. The SMILES string of the molecule is CCCSc1nn(C)c2nc3c(c(=O)n12)[C@@](C)(CC)Cc1ccccc1-3. The zero-order valence-electron chi connectivity index (χ0n) is 15.7. The van der Waals surface area contributed by atoms with Gasteiger partial charge in [0.25, 0.3) is 5.56 Å². The van der Waals surface area contributed by atoms with Crippen molar-refractivity contribution in [1.29, 1.82) is 0 Å². The third-order valence-electron chi connectivity index (χ3n) is 5.45. The fraction of sp³-hybridized carbons (Fsp3) is 0.450. The molecular formula is C20H24N4OS. The molecular weight excluding hydrogens is 344 g/mol. The van der Waals surface area contributed by atoms with Crippen LogP contribution >= 0.6 is 11.8 Å². The standard InChI is InChI=1S/C20H24N4OS/c1-5-11-26-19-22-23(4)18-21-16-14-10-8-7-9-13(14)12-20(3,6-2)15(16)17(25)24(18)19/h7-10H,5-6,11-12H2,1-4H3/t20-/m0/s1. The molecule has 4 rings (SSSR count). The van der Waals surface area contributed by atoms with Crippen molar-refractivity contribution in [3.8, 4) is 11.3 Å². The number of benzene rings is 1. The van der Waals surface area contributed by atoms with Gasteiger partial charge in [-0.15, -0.1) is 5.10 Å².